The average molecular weight is 660 g/mol. The second-order valence-electron chi connectivity index (χ2n) is 12.8. The average Bonchev–Trinajstić information content (AvgIpc) is 3.04. The van der Waals surface area contributed by atoms with Crippen LogP contribution in [-0.4, -0.2) is 73.0 Å². The molecule has 0 spiro atoms. The minimum absolute atomic E-state index is 0.145. The van der Waals surface area contributed by atoms with Crippen LogP contribution in [0.15, 0.2) is 12.1 Å². The number of hydrogen-bond donors (Lipinski definition) is 6. The van der Waals surface area contributed by atoms with Crippen molar-refractivity contribution in [3.05, 3.63) is 28.8 Å². The van der Waals surface area contributed by atoms with E-state index in [2.05, 4.69) is 26.0 Å². The molecule has 0 radical (unpaired) electrons. The molecular formula is C35H57N5O7. The third-order valence-corrected chi connectivity index (χ3v) is 8.87. The number of esters is 1. The zero-order chi connectivity index (χ0) is 34.8. The molecule has 0 unspecified atom stereocenters. The normalized spacial score (nSPS) is 15.2. The van der Waals surface area contributed by atoms with E-state index < -0.39 is 35.8 Å². The predicted octanol–water partition coefficient (Wildman–Crippen LogP) is 2.97. The summed E-state index contributed by atoms with van der Waals surface area (Å²) in [5, 5.41) is 21.0. The van der Waals surface area contributed by atoms with Gasteiger partial charge in [0.05, 0.1) is 19.7 Å². The van der Waals surface area contributed by atoms with Crippen molar-refractivity contribution in [3.8, 4) is 5.75 Å². The minimum atomic E-state index is -0.913. The smallest absolute Gasteiger partial charge is 0.305 e. The van der Waals surface area contributed by atoms with E-state index >= 15 is 0 Å². The maximum atomic E-state index is 13.2. The Kier molecular flexibility index (Phi) is 17.9. The topological polar surface area (TPSA) is 189 Å². The van der Waals surface area contributed by atoms with Crippen LogP contribution in [0.5, 0.6) is 5.75 Å². The summed E-state index contributed by atoms with van der Waals surface area (Å²) in [5.74, 6) is -1.49. The van der Waals surface area contributed by atoms with Crippen molar-refractivity contribution in [2.75, 3.05) is 20.2 Å². The van der Waals surface area contributed by atoms with Gasteiger partial charge in [-0.2, -0.15) is 0 Å². The molecule has 1 saturated carbocycles. The van der Waals surface area contributed by atoms with Gasteiger partial charge < -0.3 is 36.8 Å². The molecule has 1 aliphatic carbocycles. The van der Waals surface area contributed by atoms with Crippen LogP contribution in [0.4, 0.5) is 0 Å². The van der Waals surface area contributed by atoms with Gasteiger partial charge in [0.2, 0.25) is 23.6 Å². The van der Waals surface area contributed by atoms with Gasteiger partial charge in [-0.15, -0.1) is 0 Å². The van der Waals surface area contributed by atoms with Crippen molar-refractivity contribution in [1.82, 2.24) is 21.3 Å². The number of rotatable bonds is 20. The molecule has 12 heteroatoms. The maximum absolute atomic E-state index is 13.2. The van der Waals surface area contributed by atoms with Crippen LogP contribution in [0, 0.1) is 19.8 Å². The van der Waals surface area contributed by atoms with Gasteiger partial charge in [0, 0.05) is 13.0 Å². The van der Waals surface area contributed by atoms with Crippen molar-refractivity contribution >= 4 is 29.6 Å². The monoisotopic (exact) mass is 659 g/mol. The fraction of sp³-hybridized carbons (Fsp3) is 0.686. The van der Waals surface area contributed by atoms with Gasteiger partial charge in [-0.1, -0.05) is 58.3 Å². The molecule has 7 N–H and O–H groups in total. The number of benzene rings is 1. The summed E-state index contributed by atoms with van der Waals surface area (Å²) in [4.78, 5) is 63.6. The first-order chi connectivity index (χ1) is 22.4. The number of nitrogens with one attached hydrogen (secondary N) is 4. The van der Waals surface area contributed by atoms with Crippen molar-refractivity contribution in [1.29, 1.82) is 0 Å². The number of nitrogens with two attached hydrogens (primary N) is 1. The lowest BCUT2D eigenvalue weighted by Crippen LogP contribution is -2.54. The summed E-state index contributed by atoms with van der Waals surface area (Å²) < 4.78 is 4.65. The first kappa shape index (κ1) is 39.5. The number of phenols is 1. The quantitative estimate of drug-likeness (QED) is 0.0910. The molecule has 12 nitrogen and oxygen atoms in total. The number of methoxy groups -OCH3 is 1. The third-order valence-electron chi connectivity index (χ3n) is 8.87. The number of carbonyl (C=O) groups excluding carboxylic acids is 5. The molecule has 1 fully saturated rings. The van der Waals surface area contributed by atoms with Gasteiger partial charge >= 0.3 is 5.97 Å². The van der Waals surface area contributed by atoms with Gasteiger partial charge in [0.15, 0.2) is 0 Å². The fourth-order valence-electron chi connectivity index (χ4n) is 6.09. The van der Waals surface area contributed by atoms with E-state index in [1.54, 1.807) is 12.1 Å². The van der Waals surface area contributed by atoms with Crippen LogP contribution >= 0.6 is 0 Å². The summed E-state index contributed by atoms with van der Waals surface area (Å²) >= 11 is 0. The fourth-order valence-corrected chi connectivity index (χ4v) is 6.09. The molecular weight excluding hydrogens is 602 g/mol. The molecule has 264 valence electrons. The summed E-state index contributed by atoms with van der Waals surface area (Å²) in [5.41, 5.74) is 8.74. The Hall–Kier alpha value is -3.67. The summed E-state index contributed by atoms with van der Waals surface area (Å²) in [6, 6.07) is 0.731. The number of phenolic OH excluding ortho intramolecular Hbond substituents is 1. The first-order valence-electron chi connectivity index (χ1n) is 17.2. The zero-order valence-corrected chi connectivity index (χ0v) is 28.8. The lowest BCUT2D eigenvalue weighted by atomic mass is 9.84. The molecule has 3 atom stereocenters. The third kappa shape index (κ3) is 14.7. The van der Waals surface area contributed by atoms with Crippen LogP contribution in [-0.2, 0) is 35.1 Å². The van der Waals surface area contributed by atoms with Gasteiger partial charge in [-0.25, -0.2) is 0 Å². The SMILES string of the molecule is CCCC[C@@H](NC(=O)[C@@H](N)Cc1c(C)cc(O)cc1C)C(=O)NCC(=O)N[C@@H](CC1CCCCC1)C(=O)NCCCCCC(=O)OC. The van der Waals surface area contributed by atoms with E-state index in [9.17, 15) is 29.1 Å². The van der Waals surface area contributed by atoms with E-state index in [1.165, 1.54) is 13.5 Å². The number of aryl methyl sites for hydroxylation is 2. The second-order valence-corrected chi connectivity index (χ2v) is 12.8. The minimum Gasteiger partial charge on any atom is -0.508 e. The number of aromatic hydroxyl groups is 1. The molecule has 2 rings (SSSR count). The Morgan fingerprint density at radius 3 is 2.19 bits per heavy atom. The van der Waals surface area contributed by atoms with E-state index in [4.69, 9.17) is 5.73 Å². The van der Waals surface area contributed by atoms with Gasteiger partial charge in [0.25, 0.3) is 0 Å². The maximum Gasteiger partial charge on any atom is 0.305 e. The van der Waals surface area contributed by atoms with Crippen LogP contribution in [0.3, 0.4) is 0 Å². The Morgan fingerprint density at radius 1 is 0.894 bits per heavy atom. The van der Waals surface area contributed by atoms with E-state index in [0.29, 0.717) is 51.0 Å². The number of ether oxygens (including phenoxy) is 1. The highest BCUT2D eigenvalue weighted by Gasteiger charge is 2.28. The molecule has 1 aromatic carbocycles. The summed E-state index contributed by atoms with van der Waals surface area (Å²) in [6.45, 7) is 5.76. The van der Waals surface area contributed by atoms with Crippen molar-refractivity contribution in [2.45, 2.75) is 129 Å². The van der Waals surface area contributed by atoms with Crippen LogP contribution in [0.2, 0.25) is 0 Å². The van der Waals surface area contributed by atoms with Crippen LogP contribution in [0.25, 0.3) is 0 Å². The van der Waals surface area contributed by atoms with Crippen LogP contribution in [0.1, 0.15) is 107 Å². The summed E-state index contributed by atoms with van der Waals surface area (Å²) in [6.07, 6.45) is 10.5. The first-order valence-corrected chi connectivity index (χ1v) is 17.2. The highest BCUT2D eigenvalue weighted by Crippen LogP contribution is 2.27. The lowest BCUT2D eigenvalue weighted by Gasteiger charge is -2.27. The van der Waals surface area contributed by atoms with Gasteiger partial charge in [-0.3, -0.25) is 24.0 Å². The van der Waals surface area contributed by atoms with Gasteiger partial charge in [0.1, 0.15) is 17.8 Å². The molecule has 0 saturated heterocycles. The molecule has 0 bridgehead atoms. The van der Waals surface area contributed by atoms with Crippen LogP contribution < -0.4 is 27.0 Å². The van der Waals surface area contributed by atoms with Crippen molar-refractivity contribution < 1.29 is 33.8 Å². The standard InChI is InChI=1S/C35H57N5O7/c1-5-6-15-29(40-33(44)28(36)21-27-23(2)18-26(41)19-24(27)3)34(45)38-22-31(42)39-30(20-25-13-9-7-10-14-25)35(46)37-17-12-8-11-16-32(43)47-4/h18-19,25,28-30,41H,5-17,20-22,36H2,1-4H3,(H,37,46)(H,38,45)(H,39,42)(H,40,44)/t28-,29+,30-/m0/s1. The Balaban J connectivity index is 1.94. The summed E-state index contributed by atoms with van der Waals surface area (Å²) in [7, 11) is 1.36. The Morgan fingerprint density at radius 2 is 1.55 bits per heavy atom. The van der Waals surface area contributed by atoms with E-state index in [1.807, 2.05) is 20.8 Å². The van der Waals surface area contributed by atoms with E-state index in [-0.39, 0.29) is 30.6 Å². The Bertz CT molecular complexity index is 1160. The molecule has 1 aliphatic rings. The van der Waals surface area contributed by atoms with Gasteiger partial charge in [-0.05, 0) is 80.7 Å². The van der Waals surface area contributed by atoms with E-state index in [0.717, 1.165) is 55.2 Å². The van der Waals surface area contributed by atoms with Crippen molar-refractivity contribution in [2.24, 2.45) is 11.7 Å². The molecule has 4 amide bonds. The van der Waals surface area contributed by atoms with Crippen molar-refractivity contribution in [3.63, 3.8) is 0 Å². The molecule has 47 heavy (non-hydrogen) atoms. The predicted molar refractivity (Wildman–Crippen MR) is 180 cm³/mol. The highest BCUT2D eigenvalue weighted by molar-refractivity contribution is 5.93. The number of amides is 4. The second kappa shape index (κ2) is 21.3. The number of carbonyl (C=O) groups is 5. The molecule has 0 aliphatic heterocycles. The highest BCUT2D eigenvalue weighted by atomic mass is 16.5. The largest absolute Gasteiger partial charge is 0.508 e. The zero-order valence-electron chi connectivity index (χ0n) is 28.8. The molecule has 0 heterocycles. The number of hydrogen-bond acceptors (Lipinski definition) is 8. The Labute approximate surface area is 279 Å². The molecule has 0 aromatic heterocycles. The molecule has 1 aromatic rings. The number of unbranched alkanes of at least 4 members (excludes halogenated alkanes) is 3. The lowest BCUT2D eigenvalue weighted by molar-refractivity contribution is -0.140.